The molecule has 1 heterocycles. The summed E-state index contributed by atoms with van der Waals surface area (Å²) in [7, 11) is 0. The van der Waals surface area contributed by atoms with Crippen molar-refractivity contribution in [2.45, 2.75) is 6.54 Å². The van der Waals surface area contributed by atoms with Crippen LogP contribution in [0.15, 0.2) is 36.7 Å². The zero-order chi connectivity index (χ0) is 10.7. The van der Waals surface area contributed by atoms with Gasteiger partial charge in [-0.15, -0.1) is 0 Å². The highest BCUT2D eigenvalue weighted by atomic mass is 19.1. The topological polar surface area (TPSA) is 27.8 Å². The van der Waals surface area contributed by atoms with E-state index >= 15 is 0 Å². The van der Waals surface area contributed by atoms with Crippen molar-refractivity contribution in [3.05, 3.63) is 53.9 Å². The van der Waals surface area contributed by atoms with Gasteiger partial charge in [0.2, 0.25) is 0 Å². The van der Waals surface area contributed by atoms with Gasteiger partial charge < -0.3 is 10.3 Å². The molecule has 0 fully saturated rings. The minimum Gasteiger partial charge on any atom is -0.376 e. The lowest BCUT2D eigenvalue weighted by Crippen LogP contribution is -2.02. The Morgan fingerprint density at radius 3 is 2.47 bits per heavy atom. The predicted octanol–water partition coefficient (Wildman–Crippen LogP) is 2.91. The maximum absolute atomic E-state index is 13.2. The summed E-state index contributed by atoms with van der Waals surface area (Å²) in [6.45, 7) is 0.390. The number of aromatic amines is 1. The normalized spacial score (nSPS) is 10.3. The van der Waals surface area contributed by atoms with Crippen molar-refractivity contribution in [2.24, 2.45) is 0 Å². The van der Waals surface area contributed by atoms with Gasteiger partial charge in [-0.3, -0.25) is 0 Å². The van der Waals surface area contributed by atoms with Gasteiger partial charge in [0.15, 0.2) is 0 Å². The van der Waals surface area contributed by atoms with Gasteiger partial charge in [-0.1, -0.05) is 6.07 Å². The van der Waals surface area contributed by atoms with E-state index in [1.807, 2.05) is 6.07 Å². The molecule has 15 heavy (non-hydrogen) atoms. The highest BCUT2D eigenvalue weighted by Gasteiger charge is 2.06. The number of aromatic nitrogens is 1. The van der Waals surface area contributed by atoms with Crippen molar-refractivity contribution in [3.8, 4) is 0 Å². The quantitative estimate of drug-likeness (QED) is 0.797. The minimum atomic E-state index is -0.578. The average Bonchev–Trinajstić information content (AvgIpc) is 2.70. The Balaban J connectivity index is 2.11. The Labute approximate surface area is 85.9 Å². The van der Waals surface area contributed by atoms with Crippen LogP contribution in [0.3, 0.4) is 0 Å². The Bertz CT molecular complexity index is 418. The standard InChI is InChI=1S/C11H10F2N2/c12-9-2-1-3-10(13)11(9)15-7-8-4-5-14-6-8/h1-6,14-15H,7H2. The molecule has 1 aromatic carbocycles. The molecular weight excluding hydrogens is 198 g/mol. The Morgan fingerprint density at radius 1 is 1.13 bits per heavy atom. The number of benzene rings is 1. The number of nitrogens with one attached hydrogen (secondary N) is 2. The van der Waals surface area contributed by atoms with Gasteiger partial charge in [-0.2, -0.15) is 0 Å². The first-order valence-electron chi connectivity index (χ1n) is 4.57. The SMILES string of the molecule is Fc1cccc(F)c1NCc1cc[nH]c1. The molecule has 2 aromatic rings. The second kappa shape index (κ2) is 4.13. The minimum absolute atomic E-state index is 0.0845. The molecular formula is C11H10F2N2. The van der Waals surface area contributed by atoms with E-state index in [4.69, 9.17) is 0 Å². The van der Waals surface area contributed by atoms with Crippen molar-refractivity contribution < 1.29 is 8.78 Å². The number of hydrogen-bond donors (Lipinski definition) is 2. The van der Waals surface area contributed by atoms with Crippen LogP contribution in [-0.4, -0.2) is 4.98 Å². The van der Waals surface area contributed by atoms with Gasteiger partial charge >= 0.3 is 0 Å². The Morgan fingerprint density at radius 2 is 1.87 bits per heavy atom. The van der Waals surface area contributed by atoms with Gasteiger partial charge in [-0.05, 0) is 23.8 Å². The van der Waals surface area contributed by atoms with Gasteiger partial charge in [0, 0.05) is 18.9 Å². The third kappa shape index (κ3) is 2.15. The van der Waals surface area contributed by atoms with Crippen LogP contribution < -0.4 is 5.32 Å². The number of anilines is 1. The van der Waals surface area contributed by atoms with E-state index < -0.39 is 11.6 Å². The van der Waals surface area contributed by atoms with Crippen LogP contribution in [0, 0.1) is 11.6 Å². The fourth-order valence-corrected chi connectivity index (χ4v) is 1.33. The highest BCUT2D eigenvalue weighted by Crippen LogP contribution is 2.18. The van der Waals surface area contributed by atoms with Gasteiger partial charge in [0.25, 0.3) is 0 Å². The molecule has 1 aromatic heterocycles. The highest BCUT2D eigenvalue weighted by molar-refractivity contribution is 5.46. The molecule has 2 N–H and O–H groups in total. The number of halogens is 2. The third-order valence-electron chi connectivity index (χ3n) is 2.09. The van der Waals surface area contributed by atoms with Crippen molar-refractivity contribution >= 4 is 5.69 Å². The summed E-state index contributed by atoms with van der Waals surface area (Å²) in [5, 5.41) is 2.71. The van der Waals surface area contributed by atoms with E-state index in [1.165, 1.54) is 18.2 Å². The van der Waals surface area contributed by atoms with E-state index in [0.29, 0.717) is 6.54 Å². The molecule has 0 radical (unpaired) electrons. The summed E-state index contributed by atoms with van der Waals surface area (Å²) in [4.78, 5) is 2.87. The molecule has 0 atom stereocenters. The summed E-state index contributed by atoms with van der Waals surface area (Å²) < 4.78 is 26.3. The first-order chi connectivity index (χ1) is 7.27. The zero-order valence-corrected chi connectivity index (χ0v) is 7.93. The Hall–Kier alpha value is -1.84. The summed E-state index contributed by atoms with van der Waals surface area (Å²) in [6, 6.07) is 5.63. The lowest BCUT2D eigenvalue weighted by Gasteiger charge is -2.06. The molecule has 0 unspecified atom stereocenters. The van der Waals surface area contributed by atoms with Crippen LogP contribution in [0.1, 0.15) is 5.56 Å². The van der Waals surface area contributed by atoms with Crippen LogP contribution in [0.2, 0.25) is 0 Å². The lowest BCUT2D eigenvalue weighted by molar-refractivity contribution is 0.588. The van der Waals surface area contributed by atoms with Crippen LogP contribution in [0.5, 0.6) is 0 Å². The second-order valence-corrected chi connectivity index (χ2v) is 3.17. The fraction of sp³-hybridized carbons (Fsp3) is 0.0909. The van der Waals surface area contributed by atoms with Crippen molar-refractivity contribution in [1.82, 2.24) is 4.98 Å². The zero-order valence-electron chi connectivity index (χ0n) is 7.93. The van der Waals surface area contributed by atoms with E-state index in [1.54, 1.807) is 12.4 Å². The predicted molar refractivity (Wildman–Crippen MR) is 54.5 cm³/mol. The van der Waals surface area contributed by atoms with Gasteiger partial charge in [0.1, 0.15) is 17.3 Å². The van der Waals surface area contributed by atoms with E-state index in [-0.39, 0.29) is 5.69 Å². The first-order valence-corrected chi connectivity index (χ1v) is 4.57. The molecule has 0 aliphatic rings. The van der Waals surface area contributed by atoms with E-state index in [9.17, 15) is 8.78 Å². The largest absolute Gasteiger partial charge is 0.376 e. The van der Waals surface area contributed by atoms with Gasteiger partial charge in [-0.25, -0.2) is 8.78 Å². The summed E-state index contributed by atoms with van der Waals surface area (Å²) in [5.74, 6) is -1.16. The van der Waals surface area contributed by atoms with E-state index in [0.717, 1.165) is 5.56 Å². The fourth-order valence-electron chi connectivity index (χ4n) is 1.33. The summed E-state index contributed by atoms with van der Waals surface area (Å²) >= 11 is 0. The maximum atomic E-state index is 13.2. The summed E-state index contributed by atoms with van der Waals surface area (Å²) in [5.41, 5.74) is 0.858. The molecule has 0 bridgehead atoms. The van der Waals surface area contributed by atoms with Crippen molar-refractivity contribution in [1.29, 1.82) is 0 Å². The molecule has 4 heteroatoms. The van der Waals surface area contributed by atoms with Crippen LogP contribution in [-0.2, 0) is 6.54 Å². The van der Waals surface area contributed by atoms with Crippen LogP contribution >= 0.6 is 0 Å². The number of hydrogen-bond acceptors (Lipinski definition) is 1. The third-order valence-corrected chi connectivity index (χ3v) is 2.09. The molecule has 0 saturated heterocycles. The number of rotatable bonds is 3. The molecule has 0 spiro atoms. The lowest BCUT2D eigenvalue weighted by atomic mass is 10.2. The number of para-hydroxylation sites is 1. The molecule has 0 aliphatic carbocycles. The number of H-pyrrole nitrogens is 1. The average molecular weight is 208 g/mol. The monoisotopic (exact) mass is 208 g/mol. The molecule has 78 valence electrons. The van der Waals surface area contributed by atoms with Crippen LogP contribution in [0.4, 0.5) is 14.5 Å². The van der Waals surface area contributed by atoms with E-state index in [2.05, 4.69) is 10.3 Å². The Kier molecular flexibility index (Phi) is 2.67. The summed E-state index contributed by atoms with van der Waals surface area (Å²) in [6.07, 6.45) is 3.53. The second-order valence-electron chi connectivity index (χ2n) is 3.17. The molecule has 0 amide bonds. The van der Waals surface area contributed by atoms with Crippen molar-refractivity contribution in [3.63, 3.8) is 0 Å². The molecule has 0 saturated carbocycles. The smallest absolute Gasteiger partial charge is 0.149 e. The van der Waals surface area contributed by atoms with Gasteiger partial charge in [0.05, 0.1) is 0 Å². The van der Waals surface area contributed by atoms with Crippen molar-refractivity contribution in [2.75, 3.05) is 5.32 Å². The van der Waals surface area contributed by atoms with Crippen LogP contribution in [0.25, 0.3) is 0 Å². The first kappa shape index (κ1) is 9.71. The molecule has 2 rings (SSSR count). The maximum Gasteiger partial charge on any atom is 0.149 e. The molecule has 0 aliphatic heterocycles. The molecule has 2 nitrogen and oxygen atoms in total.